The van der Waals surface area contributed by atoms with Gasteiger partial charge in [-0.2, -0.15) is 0 Å². The Hall–Kier alpha value is -0.0400. The molecule has 0 heterocycles. The first-order valence-corrected chi connectivity index (χ1v) is 10.1. The molecule has 0 aromatic carbocycles. The molecule has 1 unspecified atom stereocenters. The fraction of sp³-hybridized carbons (Fsp3) is 1.00. The molecule has 1 atom stereocenters. The summed E-state index contributed by atoms with van der Waals surface area (Å²) in [5.41, 5.74) is 0. The van der Waals surface area contributed by atoms with Gasteiger partial charge < -0.3 is 5.32 Å². The standard InChI is InChI=1S/C20H39N/c1-3-15-21-20(16-18-9-7-5-6-8-10-18)19-13-11-17(4-2)12-14-19/h17-21H,3-16H2,1-2H3. The summed E-state index contributed by atoms with van der Waals surface area (Å²) in [4.78, 5) is 0. The van der Waals surface area contributed by atoms with Crippen LogP contribution in [0.2, 0.25) is 0 Å². The molecule has 1 nitrogen and oxygen atoms in total. The van der Waals surface area contributed by atoms with Gasteiger partial charge in [0.1, 0.15) is 0 Å². The van der Waals surface area contributed by atoms with Crippen LogP contribution in [-0.4, -0.2) is 12.6 Å². The van der Waals surface area contributed by atoms with Crippen molar-refractivity contribution in [2.24, 2.45) is 17.8 Å². The van der Waals surface area contributed by atoms with Crippen LogP contribution in [0.3, 0.4) is 0 Å². The summed E-state index contributed by atoms with van der Waals surface area (Å²) in [5.74, 6) is 3.03. The van der Waals surface area contributed by atoms with Gasteiger partial charge in [0.2, 0.25) is 0 Å². The van der Waals surface area contributed by atoms with Gasteiger partial charge in [-0.05, 0) is 50.0 Å². The van der Waals surface area contributed by atoms with Crippen molar-refractivity contribution >= 4 is 0 Å². The zero-order valence-electron chi connectivity index (χ0n) is 14.7. The Kier molecular flexibility index (Phi) is 8.14. The Morgan fingerprint density at radius 2 is 1.48 bits per heavy atom. The predicted octanol–water partition coefficient (Wildman–Crippen LogP) is 5.93. The third kappa shape index (κ3) is 5.93. The SMILES string of the molecule is CCCNC(CC1CCCCCC1)C1CCC(CC)CC1. The van der Waals surface area contributed by atoms with E-state index in [1.54, 1.807) is 0 Å². The molecule has 0 spiro atoms. The number of hydrogen-bond acceptors (Lipinski definition) is 1. The molecule has 0 aromatic heterocycles. The van der Waals surface area contributed by atoms with Crippen molar-refractivity contribution in [1.82, 2.24) is 5.32 Å². The summed E-state index contributed by atoms with van der Waals surface area (Å²) in [6, 6.07) is 0.825. The van der Waals surface area contributed by atoms with Crippen LogP contribution >= 0.6 is 0 Å². The van der Waals surface area contributed by atoms with Gasteiger partial charge in [-0.15, -0.1) is 0 Å². The van der Waals surface area contributed by atoms with Gasteiger partial charge in [0.05, 0.1) is 0 Å². The van der Waals surface area contributed by atoms with Crippen LogP contribution in [0.5, 0.6) is 0 Å². The van der Waals surface area contributed by atoms with Crippen LogP contribution in [0.4, 0.5) is 0 Å². The van der Waals surface area contributed by atoms with Gasteiger partial charge in [-0.3, -0.25) is 0 Å². The van der Waals surface area contributed by atoms with Gasteiger partial charge in [-0.1, -0.05) is 71.6 Å². The second-order valence-corrected chi connectivity index (χ2v) is 7.84. The van der Waals surface area contributed by atoms with Gasteiger partial charge in [0, 0.05) is 6.04 Å². The molecule has 0 saturated heterocycles. The van der Waals surface area contributed by atoms with Crippen LogP contribution in [0, 0.1) is 17.8 Å². The van der Waals surface area contributed by atoms with Gasteiger partial charge >= 0.3 is 0 Å². The molecule has 124 valence electrons. The van der Waals surface area contributed by atoms with Crippen molar-refractivity contribution in [3.63, 3.8) is 0 Å². The van der Waals surface area contributed by atoms with Gasteiger partial charge in [0.15, 0.2) is 0 Å². The molecule has 2 fully saturated rings. The first-order valence-electron chi connectivity index (χ1n) is 10.1. The van der Waals surface area contributed by atoms with E-state index in [0.717, 1.165) is 23.8 Å². The van der Waals surface area contributed by atoms with Crippen molar-refractivity contribution in [3.05, 3.63) is 0 Å². The summed E-state index contributed by atoms with van der Waals surface area (Å²) >= 11 is 0. The van der Waals surface area contributed by atoms with Crippen molar-refractivity contribution < 1.29 is 0 Å². The van der Waals surface area contributed by atoms with E-state index in [1.165, 1.54) is 90.0 Å². The summed E-state index contributed by atoms with van der Waals surface area (Å²) < 4.78 is 0. The normalized spacial score (nSPS) is 30.0. The number of nitrogens with one attached hydrogen (secondary N) is 1. The van der Waals surface area contributed by atoms with E-state index >= 15 is 0 Å². The molecule has 2 saturated carbocycles. The van der Waals surface area contributed by atoms with Crippen LogP contribution in [0.15, 0.2) is 0 Å². The zero-order chi connectivity index (χ0) is 14.9. The molecule has 1 heteroatoms. The topological polar surface area (TPSA) is 12.0 Å². The molecule has 0 aromatic rings. The molecule has 0 aliphatic heterocycles. The average molecular weight is 294 g/mol. The third-order valence-corrected chi connectivity index (χ3v) is 6.26. The predicted molar refractivity (Wildman–Crippen MR) is 93.6 cm³/mol. The van der Waals surface area contributed by atoms with E-state index in [4.69, 9.17) is 0 Å². The first kappa shape index (κ1) is 17.3. The maximum atomic E-state index is 3.94. The van der Waals surface area contributed by atoms with E-state index in [2.05, 4.69) is 19.2 Å². The highest BCUT2D eigenvalue weighted by atomic mass is 14.9. The Labute approximate surface area is 133 Å². The lowest BCUT2D eigenvalue weighted by Crippen LogP contribution is -2.40. The molecule has 0 radical (unpaired) electrons. The van der Waals surface area contributed by atoms with E-state index in [1.807, 2.05) is 0 Å². The largest absolute Gasteiger partial charge is 0.314 e. The lowest BCUT2D eigenvalue weighted by Gasteiger charge is -2.36. The van der Waals surface area contributed by atoms with Crippen molar-refractivity contribution in [2.45, 2.75) is 103 Å². The fourth-order valence-corrected chi connectivity index (χ4v) is 4.73. The summed E-state index contributed by atoms with van der Waals surface area (Å²) in [7, 11) is 0. The maximum absolute atomic E-state index is 3.94. The Bertz CT molecular complexity index is 247. The smallest absolute Gasteiger partial charge is 0.00979 e. The fourth-order valence-electron chi connectivity index (χ4n) is 4.73. The second-order valence-electron chi connectivity index (χ2n) is 7.84. The number of hydrogen-bond donors (Lipinski definition) is 1. The Morgan fingerprint density at radius 3 is 2.05 bits per heavy atom. The average Bonchev–Trinajstić information content (AvgIpc) is 2.80. The molecule has 1 N–H and O–H groups in total. The minimum absolute atomic E-state index is 0.825. The molecular weight excluding hydrogens is 254 g/mol. The monoisotopic (exact) mass is 293 g/mol. The zero-order valence-corrected chi connectivity index (χ0v) is 14.7. The molecule has 2 aliphatic rings. The highest BCUT2D eigenvalue weighted by Crippen LogP contribution is 2.36. The third-order valence-electron chi connectivity index (χ3n) is 6.26. The second kappa shape index (κ2) is 9.87. The highest BCUT2D eigenvalue weighted by Gasteiger charge is 2.28. The molecular formula is C20H39N. The minimum atomic E-state index is 0.825. The van der Waals surface area contributed by atoms with E-state index < -0.39 is 0 Å². The summed E-state index contributed by atoms with van der Waals surface area (Å²) in [6.07, 6.45) is 19.1. The molecule has 2 aliphatic carbocycles. The Balaban J connectivity index is 1.84. The van der Waals surface area contributed by atoms with Crippen LogP contribution < -0.4 is 5.32 Å². The van der Waals surface area contributed by atoms with Crippen molar-refractivity contribution in [1.29, 1.82) is 0 Å². The highest BCUT2D eigenvalue weighted by molar-refractivity contribution is 4.84. The maximum Gasteiger partial charge on any atom is 0.00979 e. The van der Waals surface area contributed by atoms with Crippen molar-refractivity contribution in [2.75, 3.05) is 6.54 Å². The van der Waals surface area contributed by atoms with Crippen molar-refractivity contribution in [3.8, 4) is 0 Å². The summed E-state index contributed by atoms with van der Waals surface area (Å²) in [6.45, 7) is 5.91. The lowest BCUT2D eigenvalue weighted by molar-refractivity contribution is 0.192. The molecule has 21 heavy (non-hydrogen) atoms. The van der Waals surface area contributed by atoms with Crippen LogP contribution in [0.25, 0.3) is 0 Å². The quantitative estimate of drug-likeness (QED) is 0.573. The number of rotatable bonds is 7. The Morgan fingerprint density at radius 1 is 0.810 bits per heavy atom. The lowest BCUT2D eigenvalue weighted by atomic mass is 9.75. The molecule has 0 bridgehead atoms. The van der Waals surface area contributed by atoms with Crippen LogP contribution in [0.1, 0.15) is 97.3 Å². The van der Waals surface area contributed by atoms with Crippen LogP contribution in [-0.2, 0) is 0 Å². The van der Waals surface area contributed by atoms with Gasteiger partial charge in [0.25, 0.3) is 0 Å². The van der Waals surface area contributed by atoms with E-state index in [9.17, 15) is 0 Å². The van der Waals surface area contributed by atoms with E-state index in [0.29, 0.717) is 0 Å². The molecule has 0 amide bonds. The van der Waals surface area contributed by atoms with E-state index in [-0.39, 0.29) is 0 Å². The summed E-state index contributed by atoms with van der Waals surface area (Å²) in [5, 5.41) is 3.94. The first-order chi connectivity index (χ1) is 10.3. The molecule has 2 rings (SSSR count). The van der Waals surface area contributed by atoms with Gasteiger partial charge in [-0.25, -0.2) is 0 Å². The minimum Gasteiger partial charge on any atom is -0.314 e.